The number of allylic oxidation sites excluding steroid dienone is 4. The number of nitro groups is 1. The summed E-state index contributed by atoms with van der Waals surface area (Å²) in [7, 11) is 0. The van der Waals surface area contributed by atoms with E-state index >= 15 is 0 Å². The third kappa shape index (κ3) is 4.51. The molecule has 0 bridgehead atoms. The van der Waals surface area contributed by atoms with Crippen LogP contribution < -0.4 is 14.8 Å². The molecule has 0 saturated heterocycles. The minimum absolute atomic E-state index is 0.0250. The van der Waals surface area contributed by atoms with Crippen LogP contribution in [0.2, 0.25) is 0 Å². The molecule has 3 aliphatic rings. The number of carbonyl (C=O) groups is 2. The Labute approximate surface area is 209 Å². The van der Waals surface area contributed by atoms with Gasteiger partial charge < -0.3 is 14.8 Å². The van der Waals surface area contributed by atoms with Gasteiger partial charge in [0.05, 0.1) is 11.5 Å². The van der Waals surface area contributed by atoms with Gasteiger partial charge in [-0.1, -0.05) is 6.07 Å². The molecule has 0 saturated carbocycles. The van der Waals surface area contributed by atoms with Crippen LogP contribution in [-0.4, -0.2) is 23.1 Å². The summed E-state index contributed by atoms with van der Waals surface area (Å²) in [5.74, 6) is 0.845. The second-order valence-electron chi connectivity index (χ2n) is 9.25. The van der Waals surface area contributed by atoms with E-state index in [0.29, 0.717) is 42.1 Å². The molecular weight excluding hydrogens is 460 g/mol. The number of benzene rings is 2. The highest BCUT2D eigenvalue weighted by Gasteiger charge is 2.40. The molecule has 2 aromatic carbocycles. The molecule has 1 heterocycles. The highest BCUT2D eigenvalue weighted by atomic mass is 16.6. The van der Waals surface area contributed by atoms with Crippen LogP contribution in [0.3, 0.4) is 0 Å². The largest absolute Gasteiger partial charge is 0.490 e. The monoisotopic (exact) mass is 488 g/mol. The Kier molecular flexibility index (Phi) is 6.59. The van der Waals surface area contributed by atoms with Gasteiger partial charge in [0.15, 0.2) is 23.1 Å². The van der Waals surface area contributed by atoms with Crippen LogP contribution >= 0.6 is 0 Å². The zero-order chi connectivity index (χ0) is 25.2. The molecule has 1 N–H and O–H groups in total. The number of carbonyl (C=O) groups excluding carboxylic acids is 2. The molecule has 0 radical (unpaired) electrons. The van der Waals surface area contributed by atoms with E-state index in [9.17, 15) is 19.7 Å². The van der Waals surface area contributed by atoms with Crippen molar-refractivity contribution in [1.29, 1.82) is 0 Å². The lowest BCUT2D eigenvalue weighted by atomic mass is 9.71. The van der Waals surface area contributed by atoms with Crippen molar-refractivity contribution in [2.75, 3.05) is 6.61 Å². The number of ketones is 2. The summed E-state index contributed by atoms with van der Waals surface area (Å²) in [6, 6.07) is 11.8. The van der Waals surface area contributed by atoms with Crippen molar-refractivity contribution in [3.63, 3.8) is 0 Å². The first-order valence-corrected chi connectivity index (χ1v) is 12.4. The maximum Gasteiger partial charge on any atom is 0.269 e. The van der Waals surface area contributed by atoms with Gasteiger partial charge in [-0.15, -0.1) is 0 Å². The quantitative estimate of drug-likeness (QED) is 0.418. The van der Waals surface area contributed by atoms with Crippen molar-refractivity contribution in [3.05, 3.63) is 86.2 Å². The third-order valence-corrected chi connectivity index (χ3v) is 6.93. The third-order valence-electron chi connectivity index (χ3n) is 6.93. The molecule has 2 aromatic rings. The summed E-state index contributed by atoms with van der Waals surface area (Å²) in [5, 5.41) is 14.3. The zero-order valence-corrected chi connectivity index (χ0v) is 20.2. The fourth-order valence-corrected chi connectivity index (χ4v) is 5.28. The molecule has 2 aliphatic carbocycles. The van der Waals surface area contributed by atoms with Gasteiger partial charge in [0.25, 0.3) is 5.69 Å². The Balaban J connectivity index is 1.48. The van der Waals surface area contributed by atoms with E-state index < -0.39 is 10.8 Å². The van der Waals surface area contributed by atoms with Crippen LogP contribution in [-0.2, 0) is 16.2 Å². The summed E-state index contributed by atoms with van der Waals surface area (Å²) < 4.78 is 11.9. The predicted octanol–water partition coefficient (Wildman–Crippen LogP) is 5.27. The van der Waals surface area contributed by atoms with Crippen LogP contribution in [0, 0.1) is 10.1 Å². The fourth-order valence-electron chi connectivity index (χ4n) is 5.28. The second-order valence-corrected chi connectivity index (χ2v) is 9.25. The number of dihydropyridines is 1. The SMILES string of the molecule is CCOc1cc(C2C3=C(CCCC3=O)NC3=C2C(=O)CCC3)ccc1OCc1ccc([N+](=O)[O-])cc1. The molecule has 186 valence electrons. The van der Waals surface area contributed by atoms with Crippen LogP contribution in [0.5, 0.6) is 11.5 Å². The lowest BCUT2D eigenvalue weighted by molar-refractivity contribution is -0.384. The highest BCUT2D eigenvalue weighted by molar-refractivity contribution is 6.06. The minimum Gasteiger partial charge on any atom is -0.490 e. The van der Waals surface area contributed by atoms with Gasteiger partial charge in [0.2, 0.25) is 0 Å². The standard InChI is InChI=1S/C28H28N2O6/c1-2-35-25-15-18(11-14-24(25)36-16-17-9-12-19(13-10-17)30(33)34)26-27-20(5-3-7-22(27)31)29-21-6-4-8-23(32)28(21)26/h9-15,26,29H,2-8,16H2,1H3. The van der Waals surface area contributed by atoms with Crippen LogP contribution in [0.15, 0.2) is 65.0 Å². The molecule has 1 aliphatic heterocycles. The Morgan fingerprint density at radius 1 is 0.889 bits per heavy atom. The van der Waals surface area contributed by atoms with Crippen molar-refractivity contribution in [2.45, 2.75) is 58.0 Å². The lowest BCUT2D eigenvalue weighted by Gasteiger charge is -2.37. The molecule has 8 heteroatoms. The Hall–Kier alpha value is -3.94. The number of ether oxygens (including phenoxy) is 2. The number of hydrogen-bond acceptors (Lipinski definition) is 7. The number of non-ortho nitro benzene ring substituents is 1. The Bertz CT molecular complexity index is 1250. The van der Waals surface area contributed by atoms with E-state index in [4.69, 9.17) is 9.47 Å². The molecular formula is C28H28N2O6. The minimum atomic E-state index is -0.437. The Morgan fingerprint density at radius 3 is 2.11 bits per heavy atom. The average molecular weight is 489 g/mol. The van der Waals surface area contributed by atoms with Crippen LogP contribution in [0.25, 0.3) is 0 Å². The van der Waals surface area contributed by atoms with E-state index in [1.807, 2.05) is 25.1 Å². The van der Waals surface area contributed by atoms with Crippen molar-refractivity contribution in [3.8, 4) is 11.5 Å². The number of Topliss-reactive ketones (excluding diaryl/α,β-unsaturated/α-hetero) is 2. The van der Waals surface area contributed by atoms with E-state index in [0.717, 1.165) is 48.2 Å². The average Bonchev–Trinajstić information content (AvgIpc) is 2.87. The zero-order valence-electron chi connectivity index (χ0n) is 20.2. The molecule has 0 atom stereocenters. The molecule has 0 unspecified atom stereocenters. The normalized spacial score (nSPS) is 17.9. The van der Waals surface area contributed by atoms with Gasteiger partial charge in [0.1, 0.15) is 6.61 Å². The van der Waals surface area contributed by atoms with Crippen molar-refractivity contribution in [1.82, 2.24) is 5.32 Å². The van der Waals surface area contributed by atoms with Gasteiger partial charge >= 0.3 is 0 Å². The summed E-state index contributed by atoms with van der Waals surface area (Å²) in [5.41, 5.74) is 4.96. The molecule has 36 heavy (non-hydrogen) atoms. The van der Waals surface area contributed by atoms with Gasteiger partial charge in [-0.05, 0) is 68.0 Å². The topological polar surface area (TPSA) is 108 Å². The number of rotatable bonds is 7. The van der Waals surface area contributed by atoms with E-state index in [2.05, 4.69) is 5.32 Å². The number of hydrogen-bond donors (Lipinski definition) is 1. The van der Waals surface area contributed by atoms with Crippen molar-refractivity contribution in [2.24, 2.45) is 0 Å². The lowest BCUT2D eigenvalue weighted by Crippen LogP contribution is -2.36. The molecule has 8 nitrogen and oxygen atoms in total. The molecule has 0 amide bonds. The summed E-state index contributed by atoms with van der Waals surface area (Å²) in [4.78, 5) is 36.6. The molecule has 0 aromatic heterocycles. The van der Waals surface area contributed by atoms with E-state index in [1.165, 1.54) is 12.1 Å². The maximum absolute atomic E-state index is 13.1. The number of nitrogens with one attached hydrogen (secondary N) is 1. The highest BCUT2D eigenvalue weighted by Crippen LogP contribution is 2.46. The van der Waals surface area contributed by atoms with Crippen LogP contribution in [0.1, 0.15) is 62.5 Å². The van der Waals surface area contributed by atoms with Gasteiger partial charge in [-0.3, -0.25) is 19.7 Å². The number of nitro benzene ring substituents is 1. The van der Waals surface area contributed by atoms with Gasteiger partial charge in [-0.2, -0.15) is 0 Å². The molecule has 0 spiro atoms. The first kappa shape index (κ1) is 23.8. The van der Waals surface area contributed by atoms with Crippen molar-refractivity contribution < 1.29 is 24.0 Å². The van der Waals surface area contributed by atoms with Gasteiger partial charge in [0, 0.05) is 53.4 Å². The first-order chi connectivity index (χ1) is 17.5. The summed E-state index contributed by atoms with van der Waals surface area (Å²) in [6.07, 6.45) is 4.21. The summed E-state index contributed by atoms with van der Waals surface area (Å²) in [6.45, 7) is 2.52. The fraction of sp³-hybridized carbons (Fsp3) is 0.357. The van der Waals surface area contributed by atoms with E-state index in [-0.39, 0.29) is 23.9 Å². The predicted molar refractivity (Wildman–Crippen MR) is 133 cm³/mol. The van der Waals surface area contributed by atoms with Crippen molar-refractivity contribution >= 4 is 17.3 Å². The Morgan fingerprint density at radius 2 is 1.53 bits per heavy atom. The van der Waals surface area contributed by atoms with Gasteiger partial charge in [-0.25, -0.2) is 0 Å². The smallest absolute Gasteiger partial charge is 0.269 e. The van der Waals surface area contributed by atoms with E-state index in [1.54, 1.807) is 12.1 Å². The summed E-state index contributed by atoms with van der Waals surface area (Å²) >= 11 is 0. The second kappa shape index (κ2) is 9.97. The first-order valence-electron chi connectivity index (χ1n) is 12.4. The maximum atomic E-state index is 13.1. The number of nitrogens with zero attached hydrogens (tertiary/aromatic N) is 1. The molecule has 0 fully saturated rings. The molecule has 5 rings (SSSR count). The van der Waals surface area contributed by atoms with Crippen LogP contribution in [0.4, 0.5) is 5.69 Å².